The minimum absolute atomic E-state index is 0.0229. The minimum atomic E-state index is -1.52. The van der Waals surface area contributed by atoms with Crippen molar-refractivity contribution in [1.82, 2.24) is 19.8 Å². The van der Waals surface area contributed by atoms with Gasteiger partial charge in [-0.05, 0) is 62.7 Å². The number of aliphatic imine (C=N–C) groups is 1. The Morgan fingerprint density at radius 2 is 1.08 bits per heavy atom. The number of nitrogens with zero attached hydrogens (tertiary/aromatic N) is 5. The SMILES string of the molecule is CC(=O)OC(C)C(=O)OC(C)C(=O)OC(C)C(=O)OC(C)C(=O)N1CCN(C(=O)C(C)OC(C)=O)C1=Nc1cc(Br)c2nccnc2c1. The van der Waals surface area contributed by atoms with Crippen molar-refractivity contribution in [3.8, 4) is 0 Å². The first-order valence-electron chi connectivity index (χ1n) is 14.6. The molecule has 0 saturated carbocycles. The molecule has 5 atom stereocenters. The second-order valence-corrected chi connectivity index (χ2v) is 11.3. The zero-order valence-electron chi connectivity index (χ0n) is 27.1. The van der Waals surface area contributed by atoms with E-state index in [1.807, 2.05) is 0 Å². The Morgan fingerprint density at radius 1 is 0.667 bits per heavy atom. The maximum atomic E-state index is 13.6. The molecule has 2 aromatic rings. The highest BCUT2D eigenvalue weighted by Gasteiger charge is 2.40. The number of halogens is 1. The highest BCUT2D eigenvalue weighted by molar-refractivity contribution is 9.10. The standard InChI is InChI=1S/C30H34BrN5O12/c1-14(44-19(6)37)25(39)35-10-11-36(30(35)34-21-12-22(31)24-23(13-21)32-8-9-33-24)26(40)15(2)46-28(42)17(4)48-29(43)18(5)47-27(41)16(3)45-20(7)38/h8-9,12-18H,10-11H2,1-7H3. The molecule has 0 radical (unpaired) electrons. The lowest BCUT2D eigenvalue weighted by Gasteiger charge is -2.25. The van der Waals surface area contributed by atoms with Gasteiger partial charge in [-0.15, -0.1) is 0 Å². The number of aromatic nitrogens is 2. The van der Waals surface area contributed by atoms with Gasteiger partial charge in [0.25, 0.3) is 11.8 Å². The molecule has 1 aromatic carbocycles. The van der Waals surface area contributed by atoms with Crippen LogP contribution in [0.25, 0.3) is 11.0 Å². The molecule has 3 rings (SSSR count). The lowest BCUT2D eigenvalue weighted by molar-refractivity contribution is -0.183. The van der Waals surface area contributed by atoms with Crippen molar-refractivity contribution in [3.63, 3.8) is 0 Å². The van der Waals surface area contributed by atoms with Gasteiger partial charge in [0, 0.05) is 43.8 Å². The Hall–Kier alpha value is -5.00. The fourth-order valence-electron chi connectivity index (χ4n) is 4.27. The fraction of sp³-hybridized carbons (Fsp3) is 0.467. The third-order valence-electron chi connectivity index (χ3n) is 6.56. The number of rotatable bonds is 11. The van der Waals surface area contributed by atoms with E-state index in [0.29, 0.717) is 21.2 Å². The average Bonchev–Trinajstić information content (AvgIpc) is 3.42. The summed E-state index contributed by atoms with van der Waals surface area (Å²) < 4.78 is 25.5. The number of hydrogen-bond donors (Lipinski definition) is 0. The summed E-state index contributed by atoms with van der Waals surface area (Å²) in [5, 5.41) is 0. The van der Waals surface area contributed by atoms with Crippen LogP contribution in [0.4, 0.5) is 5.69 Å². The lowest BCUT2D eigenvalue weighted by atomic mass is 10.2. The van der Waals surface area contributed by atoms with Crippen molar-refractivity contribution in [3.05, 3.63) is 29.0 Å². The summed E-state index contributed by atoms with van der Waals surface area (Å²) in [6.07, 6.45) is -3.91. The molecule has 0 N–H and O–H groups in total. The summed E-state index contributed by atoms with van der Waals surface area (Å²) in [5.41, 5.74) is 1.32. The van der Waals surface area contributed by atoms with Crippen LogP contribution in [0.1, 0.15) is 48.5 Å². The second kappa shape index (κ2) is 16.2. The van der Waals surface area contributed by atoms with E-state index in [1.165, 1.54) is 51.9 Å². The van der Waals surface area contributed by atoms with Crippen LogP contribution >= 0.6 is 15.9 Å². The van der Waals surface area contributed by atoms with E-state index < -0.39 is 72.2 Å². The third kappa shape index (κ3) is 9.52. The molecule has 1 aliphatic heterocycles. The number of esters is 5. The van der Waals surface area contributed by atoms with E-state index >= 15 is 0 Å². The van der Waals surface area contributed by atoms with Gasteiger partial charge in [0.05, 0.1) is 11.2 Å². The van der Waals surface area contributed by atoms with Crippen molar-refractivity contribution < 1.29 is 57.2 Å². The Kier molecular flexibility index (Phi) is 12.6. The van der Waals surface area contributed by atoms with Crippen LogP contribution in [-0.4, -0.2) is 111 Å². The van der Waals surface area contributed by atoms with Gasteiger partial charge in [0.1, 0.15) is 5.52 Å². The quantitative estimate of drug-likeness (QED) is 0.238. The Bertz CT molecular complexity index is 1650. The van der Waals surface area contributed by atoms with E-state index in [-0.39, 0.29) is 19.0 Å². The van der Waals surface area contributed by atoms with E-state index in [2.05, 4.69) is 30.9 Å². The fourth-order valence-corrected chi connectivity index (χ4v) is 4.81. The first-order chi connectivity index (χ1) is 22.5. The van der Waals surface area contributed by atoms with E-state index in [1.54, 1.807) is 12.1 Å². The number of guanidine groups is 1. The molecule has 2 heterocycles. The summed E-state index contributed by atoms with van der Waals surface area (Å²) in [4.78, 5) is 102. The van der Waals surface area contributed by atoms with Crippen LogP contribution < -0.4 is 0 Å². The Morgan fingerprint density at radius 3 is 1.58 bits per heavy atom. The maximum absolute atomic E-state index is 13.6. The first-order valence-corrected chi connectivity index (χ1v) is 15.4. The maximum Gasteiger partial charge on any atom is 0.347 e. The average molecular weight is 737 g/mol. The number of ether oxygens (including phenoxy) is 5. The topological polar surface area (TPSA) is 210 Å². The number of amides is 2. The zero-order valence-corrected chi connectivity index (χ0v) is 28.7. The molecule has 48 heavy (non-hydrogen) atoms. The highest BCUT2D eigenvalue weighted by Crippen LogP contribution is 2.28. The van der Waals surface area contributed by atoms with Gasteiger partial charge in [-0.2, -0.15) is 0 Å². The monoisotopic (exact) mass is 735 g/mol. The first kappa shape index (κ1) is 37.5. The molecular formula is C30H34BrN5O12. The summed E-state index contributed by atoms with van der Waals surface area (Å²) >= 11 is 3.43. The molecule has 0 spiro atoms. The molecule has 17 nitrogen and oxygen atoms in total. The van der Waals surface area contributed by atoms with Gasteiger partial charge in [-0.1, -0.05) is 0 Å². The number of carbonyl (C=O) groups is 7. The van der Waals surface area contributed by atoms with Crippen LogP contribution in [0, 0.1) is 0 Å². The summed E-state index contributed by atoms with van der Waals surface area (Å²) in [5.74, 6) is -6.16. The Balaban J connectivity index is 1.77. The smallest absolute Gasteiger partial charge is 0.347 e. The van der Waals surface area contributed by atoms with Crippen LogP contribution in [0.5, 0.6) is 0 Å². The summed E-state index contributed by atoms with van der Waals surface area (Å²) in [6.45, 7) is 8.46. The van der Waals surface area contributed by atoms with E-state index in [0.717, 1.165) is 18.7 Å². The van der Waals surface area contributed by atoms with Crippen molar-refractivity contribution in [1.29, 1.82) is 0 Å². The van der Waals surface area contributed by atoms with Crippen LogP contribution in [0.2, 0.25) is 0 Å². The second-order valence-electron chi connectivity index (χ2n) is 10.5. The van der Waals surface area contributed by atoms with Crippen molar-refractivity contribution in [2.45, 2.75) is 79.0 Å². The molecule has 0 bridgehead atoms. The molecule has 18 heteroatoms. The number of benzene rings is 1. The van der Waals surface area contributed by atoms with Crippen LogP contribution in [-0.2, 0) is 57.2 Å². The van der Waals surface area contributed by atoms with Gasteiger partial charge in [-0.25, -0.2) is 19.4 Å². The molecule has 5 unspecified atom stereocenters. The predicted molar refractivity (Wildman–Crippen MR) is 167 cm³/mol. The highest BCUT2D eigenvalue weighted by atomic mass is 79.9. The van der Waals surface area contributed by atoms with E-state index in [9.17, 15) is 33.6 Å². The lowest BCUT2D eigenvalue weighted by Crippen LogP contribution is -2.47. The molecule has 1 aromatic heterocycles. The normalized spacial score (nSPS) is 16.7. The molecular weight excluding hydrogens is 702 g/mol. The van der Waals surface area contributed by atoms with Crippen LogP contribution in [0.3, 0.4) is 0 Å². The van der Waals surface area contributed by atoms with Crippen molar-refractivity contribution in [2.24, 2.45) is 4.99 Å². The van der Waals surface area contributed by atoms with E-state index in [4.69, 9.17) is 23.7 Å². The minimum Gasteiger partial charge on any atom is -0.453 e. The Labute approximate surface area is 283 Å². The van der Waals surface area contributed by atoms with Gasteiger partial charge in [-0.3, -0.25) is 38.9 Å². The van der Waals surface area contributed by atoms with Crippen LogP contribution in [0.15, 0.2) is 34.0 Å². The van der Waals surface area contributed by atoms with Gasteiger partial charge in [0.15, 0.2) is 30.5 Å². The number of carbonyl (C=O) groups excluding carboxylic acids is 7. The predicted octanol–water partition coefficient (Wildman–Crippen LogP) is 1.75. The molecule has 1 saturated heterocycles. The molecule has 258 valence electrons. The largest absolute Gasteiger partial charge is 0.453 e. The number of fused-ring (bicyclic) bond motifs is 1. The molecule has 2 amide bonds. The van der Waals surface area contributed by atoms with Gasteiger partial charge in [0.2, 0.25) is 5.96 Å². The zero-order chi connectivity index (χ0) is 35.9. The summed E-state index contributed by atoms with van der Waals surface area (Å²) in [7, 11) is 0. The third-order valence-corrected chi connectivity index (χ3v) is 7.16. The number of hydrogen-bond acceptors (Lipinski definition) is 15. The van der Waals surface area contributed by atoms with Crippen molar-refractivity contribution in [2.75, 3.05) is 13.1 Å². The van der Waals surface area contributed by atoms with Crippen molar-refractivity contribution >= 4 is 80.3 Å². The van der Waals surface area contributed by atoms with Gasteiger partial charge >= 0.3 is 29.8 Å². The van der Waals surface area contributed by atoms with Gasteiger partial charge < -0.3 is 23.7 Å². The molecule has 1 aliphatic rings. The molecule has 0 aliphatic carbocycles. The summed E-state index contributed by atoms with van der Waals surface area (Å²) in [6, 6.07) is 3.20. The molecule has 1 fully saturated rings.